The van der Waals surface area contributed by atoms with Gasteiger partial charge >= 0.3 is 0 Å². The van der Waals surface area contributed by atoms with Gasteiger partial charge in [-0.25, -0.2) is 9.97 Å². The first-order chi connectivity index (χ1) is 9.47. The minimum absolute atomic E-state index is 0.226. The molecule has 0 aliphatic carbocycles. The fraction of sp³-hybridized carbons (Fsp3) is 0.385. The zero-order valence-electron chi connectivity index (χ0n) is 11.5. The predicted octanol–water partition coefficient (Wildman–Crippen LogP) is 2.51. The third kappa shape index (κ3) is 3.41. The summed E-state index contributed by atoms with van der Waals surface area (Å²) in [6.45, 7) is 5.85. The van der Waals surface area contributed by atoms with Crippen LogP contribution in [-0.4, -0.2) is 25.7 Å². The Kier molecular flexibility index (Phi) is 4.49. The summed E-state index contributed by atoms with van der Waals surface area (Å²) in [5.74, 6) is 0.327. The Bertz CT molecular complexity index is 593. The van der Waals surface area contributed by atoms with Crippen LogP contribution in [0.25, 0.3) is 0 Å². The van der Waals surface area contributed by atoms with E-state index in [1.165, 1.54) is 0 Å². The number of aromatic nitrogens is 4. The van der Waals surface area contributed by atoms with Gasteiger partial charge in [0, 0.05) is 24.6 Å². The molecular weight excluding hydrogens is 322 g/mol. The first-order valence-corrected chi connectivity index (χ1v) is 7.10. The highest BCUT2D eigenvalue weighted by Crippen LogP contribution is 2.11. The summed E-state index contributed by atoms with van der Waals surface area (Å²) >= 11 is 3.27. The highest BCUT2D eigenvalue weighted by Gasteiger charge is 2.16. The van der Waals surface area contributed by atoms with Crippen LogP contribution in [-0.2, 0) is 0 Å². The van der Waals surface area contributed by atoms with Gasteiger partial charge in [-0.1, -0.05) is 0 Å². The van der Waals surface area contributed by atoms with Gasteiger partial charge in [0.1, 0.15) is 11.5 Å². The number of hydrogen-bond acceptors (Lipinski definition) is 4. The third-order valence-electron chi connectivity index (χ3n) is 2.75. The van der Waals surface area contributed by atoms with E-state index in [0.717, 1.165) is 4.47 Å². The van der Waals surface area contributed by atoms with Crippen LogP contribution in [0.3, 0.4) is 0 Å². The van der Waals surface area contributed by atoms with Crippen molar-refractivity contribution in [3.8, 4) is 0 Å². The van der Waals surface area contributed by atoms with Crippen molar-refractivity contribution in [3.63, 3.8) is 0 Å². The molecule has 1 amide bonds. The van der Waals surface area contributed by atoms with Crippen molar-refractivity contribution >= 4 is 21.8 Å². The zero-order chi connectivity index (χ0) is 14.7. The highest BCUT2D eigenvalue weighted by atomic mass is 79.9. The lowest BCUT2D eigenvalue weighted by Crippen LogP contribution is -2.28. The standard InChI is InChI=1S/C13H16BrN5O/c1-8(2)19-5-4-11(18-19)13(20)17-9(3)12-15-6-10(14)7-16-12/h4-9H,1-3H3,(H,17,20). The number of nitrogens with zero attached hydrogens (tertiary/aromatic N) is 4. The fourth-order valence-corrected chi connectivity index (χ4v) is 1.83. The molecule has 0 fully saturated rings. The zero-order valence-corrected chi connectivity index (χ0v) is 13.1. The average molecular weight is 338 g/mol. The monoisotopic (exact) mass is 337 g/mol. The summed E-state index contributed by atoms with van der Waals surface area (Å²) in [7, 11) is 0. The molecule has 20 heavy (non-hydrogen) atoms. The van der Waals surface area contributed by atoms with Crippen LogP contribution in [0.2, 0.25) is 0 Å². The summed E-state index contributed by atoms with van der Waals surface area (Å²) in [5, 5.41) is 7.06. The minimum Gasteiger partial charge on any atom is -0.341 e. The Morgan fingerprint density at radius 1 is 1.30 bits per heavy atom. The van der Waals surface area contributed by atoms with E-state index in [1.807, 2.05) is 20.8 Å². The molecule has 0 saturated carbocycles. The molecule has 0 aliphatic heterocycles. The molecule has 6 nitrogen and oxygen atoms in total. The molecule has 0 aliphatic rings. The lowest BCUT2D eigenvalue weighted by atomic mass is 10.3. The summed E-state index contributed by atoms with van der Waals surface area (Å²) in [6.07, 6.45) is 5.09. The van der Waals surface area contributed by atoms with Gasteiger partial charge in [-0.3, -0.25) is 9.48 Å². The number of amides is 1. The van der Waals surface area contributed by atoms with Crippen LogP contribution >= 0.6 is 15.9 Å². The van der Waals surface area contributed by atoms with Crippen LogP contribution in [0.15, 0.2) is 29.1 Å². The molecule has 7 heteroatoms. The lowest BCUT2D eigenvalue weighted by Gasteiger charge is -2.11. The van der Waals surface area contributed by atoms with Gasteiger partial charge in [0.2, 0.25) is 0 Å². The first kappa shape index (κ1) is 14.6. The van der Waals surface area contributed by atoms with Crippen LogP contribution in [0.1, 0.15) is 49.2 Å². The van der Waals surface area contributed by atoms with E-state index >= 15 is 0 Å². The number of halogens is 1. The van der Waals surface area contributed by atoms with Gasteiger partial charge in [-0.15, -0.1) is 0 Å². The molecule has 2 aromatic rings. The molecule has 2 rings (SSSR count). The summed E-state index contributed by atoms with van der Waals surface area (Å²) in [6, 6.07) is 1.65. The van der Waals surface area contributed by atoms with Crippen molar-refractivity contribution in [2.45, 2.75) is 32.9 Å². The van der Waals surface area contributed by atoms with E-state index in [2.05, 4.69) is 36.3 Å². The van der Waals surface area contributed by atoms with E-state index in [-0.39, 0.29) is 18.0 Å². The quantitative estimate of drug-likeness (QED) is 0.930. The summed E-state index contributed by atoms with van der Waals surface area (Å²) in [4.78, 5) is 20.4. The molecule has 0 aromatic carbocycles. The van der Waals surface area contributed by atoms with Crippen LogP contribution in [0.5, 0.6) is 0 Å². The van der Waals surface area contributed by atoms with Crippen LogP contribution in [0.4, 0.5) is 0 Å². The van der Waals surface area contributed by atoms with Gasteiger partial charge in [0.25, 0.3) is 5.91 Å². The Morgan fingerprint density at radius 2 is 1.95 bits per heavy atom. The van der Waals surface area contributed by atoms with Crippen molar-refractivity contribution in [1.82, 2.24) is 25.1 Å². The maximum atomic E-state index is 12.1. The summed E-state index contributed by atoms with van der Waals surface area (Å²) in [5.41, 5.74) is 0.391. The normalized spacial score (nSPS) is 12.4. The average Bonchev–Trinajstić information content (AvgIpc) is 2.89. The molecule has 0 bridgehead atoms. The van der Waals surface area contributed by atoms with E-state index in [0.29, 0.717) is 11.5 Å². The second-order valence-electron chi connectivity index (χ2n) is 4.73. The second-order valence-corrected chi connectivity index (χ2v) is 5.65. The SMILES string of the molecule is CC(NC(=O)c1ccn(C(C)C)n1)c1ncc(Br)cn1. The Balaban J connectivity index is 2.04. The largest absolute Gasteiger partial charge is 0.341 e. The molecular formula is C13H16BrN5O. The molecule has 0 radical (unpaired) electrons. The van der Waals surface area contributed by atoms with E-state index in [1.54, 1.807) is 29.3 Å². The van der Waals surface area contributed by atoms with E-state index in [9.17, 15) is 4.79 Å². The third-order valence-corrected chi connectivity index (χ3v) is 3.15. The number of carbonyl (C=O) groups is 1. The number of nitrogens with one attached hydrogen (secondary N) is 1. The Hall–Kier alpha value is -1.76. The molecule has 2 heterocycles. The van der Waals surface area contributed by atoms with Gasteiger partial charge in [0.15, 0.2) is 0 Å². The maximum absolute atomic E-state index is 12.1. The van der Waals surface area contributed by atoms with E-state index < -0.39 is 0 Å². The van der Waals surface area contributed by atoms with Gasteiger partial charge in [0.05, 0.1) is 10.5 Å². The molecule has 1 N–H and O–H groups in total. The number of hydrogen-bond donors (Lipinski definition) is 1. The molecule has 1 atom stereocenters. The molecule has 106 valence electrons. The summed E-state index contributed by atoms with van der Waals surface area (Å²) < 4.78 is 2.55. The topological polar surface area (TPSA) is 72.7 Å². The smallest absolute Gasteiger partial charge is 0.272 e. The molecule has 2 aromatic heterocycles. The number of rotatable bonds is 4. The van der Waals surface area contributed by atoms with Gasteiger partial charge in [-0.05, 0) is 42.8 Å². The van der Waals surface area contributed by atoms with Gasteiger partial charge < -0.3 is 5.32 Å². The predicted molar refractivity (Wildman–Crippen MR) is 78.2 cm³/mol. The van der Waals surface area contributed by atoms with Gasteiger partial charge in [-0.2, -0.15) is 5.10 Å². The van der Waals surface area contributed by atoms with Crippen molar-refractivity contribution in [3.05, 3.63) is 40.6 Å². The minimum atomic E-state index is -0.278. The Labute approximate surface area is 125 Å². The number of carbonyl (C=O) groups excluding carboxylic acids is 1. The molecule has 1 unspecified atom stereocenters. The van der Waals surface area contributed by atoms with E-state index in [4.69, 9.17) is 0 Å². The highest BCUT2D eigenvalue weighted by molar-refractivity contribution is 9.10. The van der Waals surface area contributed by atoms with Crippen molar-refractivity contribution in [1.29, 1.82) is 0 Å². The van der Waals surface area contributed by atoms with Crippen LogP contribution < -0.4 is 5.32 Å². The first-order valence-electron chi connectivity index (χ1n) is 6.31. The molecule has 0 saturated heterocycles. The van der Waals surface area contributed by atoms with Crippen LogP contribution in [0, 0.1) is 0 Å². The lowest BCUT2D eigenvalue weighted by molar-refractivity contribution is 0.0932. The second kappa shape index (κ2) is 6.13. The molecule has 0 spiro atoms. The van der Waals surface area contributed by atoms with Crippen molar-refractivity contribution in [2.24, 2.45) is 0 Å². The maximum Gasteiger partial charge on any atom is 0.272 e. The van der Waals surface area contributed by atoms with Crippen molar-refractivity contribution in [2.75, 3.05) is 0 Å². The fourth-order valence-electron chi connectivity index (χ4n) is 1.63. The van der Waals surface area contributed by atoms with Crippen molar-refractivity contribution < 1.29 is 4.79 Å². The Morgan fingerprint density at radius 3 is 2.50 bits per heavy atom.